The molecule has 0 saturated carbocycles. The molecule has 1 N–H and O–H groups in total. The molecule has 0 amide bonds. The molecular weight excluding hydrogens is 302 g/mol. The number of aromatic nitrogens is 4. The third-order valence-electron chi connectivity index (χ3n) is 4.18. The molecule has 0 aliphatic carbocycles. The van der Waals surface area contributed by atoms with E-state index in [1.807, 2.05) is 30.1 Å². The lowest BCUT2D eigenvalue weighted by Gasteiger charge is -2.17. The van der Waals surface area contributed by atoms with Crippen LogP contribution in [-0.4, -0.2) is 33.3 Å². The van der Waals surface area contributed by atoms with Crippen LogP contribution >= 0.6 is 0 Å². The van der Waals surface area contributed by atoms with Crippen LogP contribution in [0.1, 0.15) is 24.6 Å². The third kappa shape index (κ3) is 3.18. The predicted molar refractivity (Wildman–Crippen MR) is 96.5 cm³/mol. The summed E-state index contributed by atoms with van der Waals surface area (Å²) < 4.78 is 1.62. The Balaban J connectivity index is 1.88. The molecule has 2 aromatic heterocycles. The number of aromatic amines is 1. The fraction of sp³-hybridized carbons (Fsp3) is 0.389. The Morgan fingerprint density at radius 2 is 1.96 bits per heavy atom. The van der Waals surface area contributed by atoms with Gasteiger partial charge in [-0.25, -0.2) is 4.98 Å². The zero-order chi connectivity index (χ0) is 17.1. The van der Waals surface area contributed by atoms with E-state index in [1.54, 1.807) is 11.7 Å². The maximum absolute atomic E-state index is 12.4. The number of fused-ring (bicyclic) bond motifs is 1. The van der Waals surface area contributed by atoms with Gasteiger partial charge in [0.2, 0.25) is 5.95 Å². The molecule has 6 nitrogen and oxygen atoms in total. The first-order valence-corrected chi connectivity index (χ1v) is 8.31. The molecule has 3 rings (SSSR count). The highest BCUT2D eigenvalue weighted by Crippen LogP contribution is 2.16. The number of benzene rings is 1. The summed E-state index contributed by atoms with van der Waals surface area (Å²) in [6, 6.07) is 10.3. The van der Waals surface area contributed by atoms with Gasteiger partial charge < -0.3 is 4.90 Å². The van der Waals surface area contributed by atoms with Crippen molar-refractivity contribution in [3.8, 4) is 0 Å². The largest absolute Gasteiger partial charge is 0.345 e. The quantitative estimate of drug-likeness (QED) is 0.755. The third-order valence-corrected chi connectivity index (χ3v) is 4.18. The van der Waals surface area contributed by atoms with Gasteiger partial charge in [-0.2, -0.15) is 5.10 Å². The van der Waals surface area contributed by atoms with Crippen molar-refractivity contribution in [3.05, 3.63) is 51.9 Å². The van der Waals surface area contributed by atoms with Gasteiger partial charge in [-0.05, 0) is 18.4 Å². The standard InChI is InChI=1S/C18H23N5O/c1-4-8-14-15-16(23(3)21-14)17(24)20-18(19-15)22(2)12-11-13-9-6-5-7-10-13/h5-7,9-10H,4,8,11-12H2,1-3H3,(H,19,20,24). The SMILES string of the molecule is CCCc1nn(C)c2c(=O)[nH]c(N(C)CCc3ccccc3)nc12. The lowest BCUT2D eigenvalue weighted by atomic mass is 10.1. The number of nitrogens with one attached hydrogen (secondary N) is 1. The van der Waals surface area contributed by atoms with Gasteiger partial charge in [-0.15, -0.1) is 0 Å². The number of anilines is 1. The molecule has 3 aromatic rings. The first-order chi connectivity index (χ1) is 11.6. The average molecular weight is 325 g/mol. The Morgan fingerprint density at radius 1 is 1.21 bits per heavy atom. The molecule has 1 aromatic carbocycles. The summed E-state index contributed by atoms with van der Waals surface area (Å²) in [5.74, 6) is 0.591. The highest BCUT2D eigenvalue weighted by Gasteiger charge is 2.15. The molecule has 6 heteroatoms. The van der Waals surface area contributed by atoms with Gasteiger partial charge in [-0.3, -0.25) is 14.5 Å². The van der Waals surface area contributed by atoms with Crippen molar-refractivity contribution in [1.82, 2.24) is 19.7 Å². The van der Waals surface area contributed by atoms with E-state index < -0.39 is 0 Å². The van der Waals surface area contributed by atoms with Crippen molar-refractivity contribution >= 4 is 17.0 Å². The van der Waals surface area contributed by atoms with Crippen LogP contribution in [0.4, 0.5) is 5.95 Å². The Kier molecular flexibility index (Phi) is 4.64. The summed E-state index contributed by atoms with van der Waals surface area (Å²) in [5.41, 5.74) is 3.27. The summed E-state index contributed by atoms with van der Waals surface area (Å²) in [6.07, 6.45) is 2.69. The molecule has 0 radical (unpaired) electrons. The van der Waals surface area contributed by atoms with E-state index in [0.717, 1.165) is 31.5 Å². The van der Waals surface area contributed by atoms with E-state index in [-0.39, 0.29) is 5.56 Å². The number of nitrogens with zero attached hydrogens (tertiary/aromatic N) is 4. The van der Waals surface area contributed by atoms with Crippen LogP contribution in [-0.2, 0) is 19.9 Å². The Labute approximate surface area is 141 Å². The van der Waals surface area contributed by atoms with Gasteiger partial charge in [-0.1, -0.05) is 43.7 Å². The van der Waals surface area contributed by atoms with Crippen molar-refractivity contribution in [3.63, 3.8) is 0 Å². The number of hydrogen-bond acceptors (Lipinski definition) is 4. The molecule has 0 spiro atoms. The second kappa shape index (κ2) is 6.86. The Morgan fingerprint density at radius 3 is 2.67 bits per heavy atom. The van der Waals surface area contributed by atoms with E-state index in [4.69, 9.17) is 0 Å². The molecule has 0 aliphatic rings. The van der Waals surface area contributed by atoms with Crippen molar-refractivity contribution in [2.24, 2.45) is 7.05 Å². The molecular formula is C18H23N5O. The molecule has 24 heavy (non-hydrogen) atoms. The summed E-state index contributed by atoms with van der Waals surface area (Å²) >= 11 is 0. The topological polar surface area (TPSA) is 66.8 Å². The molecule has 0 unspecified atom stereocenters. The minimum absolute atomic E-state index is 0.140. The monoisotopic (exact) mass is 325 g/mol. The summed E-state index contributed by atoms with van der Waals surface area (Å²) in [6.45, 7) is 2.88. The Bertz CT molecular complexity index is 882. The Hall–Kier alpha value is -2.63. The maximum Gasteiger partial charge on any atom is 0.278 e. The van der Waals surface area contributed by atoms with Crippen molar-refractivity contribution in [1.29, 1.82) is 0 Å². The number of H-pyrrole nitrogens is 1. The van der Waals surface area contributed by atoms with E-state index in [1.165, 1.54) is 5.56 Å². The molecule has 0 fully saturated rings. The van der Waals surface area contributed by atoms with Crippen LogP contribution in [0.25, 0.3) is 11.0 Å². The smallest absolute Gasteiger partial charge is 0.278 e. The van der Waals surface area contributed by atoms with Crippen molar-refractivity contribution in [2.75, 3.05) is 18.5 Å². The van der Waals surface area contributed by atoms with Crippen LogP contribution in [0.3, 0.4) is 0 Å². The lowest BCUT2D eigenvalue weighted by Crippen LogP contribution is -2.25. The molecule has 2 heterocycles. The molecule has 126 valence electrons. The highest BCUT2D eigenvalue weighted by molar-refractivity contribution is 5.77. The predicted octanol–water partition coefficient (Wildman–Crippen LogP) is 2.29. The molecule has 0 bridgehead atoms. The second-order valence-corrected chi connectivity index (χ2v) is 6.06. The zero-order valence-corrected chi connectivity index (χ0v) is 14.4. The van der Waals surface area contributed by atoms with E-state index in [0.29, 0.717) is 17.0 Å². The van der Waals surface area contributed by atoms with Crippen LogP contribution in [0.5, 0.6) is 0 Å². The molecule has 0 aliphatic heterocycles. The van der Waals surface area contributed by atoms with Crippen LogP contribution in [0.15, 0.2) is 35.1 Å². The van der Waals surface area contributed by atoms with Gasteiger partial charge >= 0.3 is 0 Å². The van der Waals surface area contributed by atoms with Crippen LogP contribution in [0, 0.1) is 0 Å². The van der Waals surface area contributed by atoms with E-state index in [9.17, 15) is 4.79 Å². The highest BCUT2D eigenvalue weighted by atomic mass is 16.1. The minimum Gasteiger partial charge on any atom is -0.345 e. The van der Waals surface area contributed by atoms with Gasteiger partial charge in [0.1, 0.15) is 5.52 Å². The normalized spacial score (nSPS) is 11.1. The molecule has 0 saturated heterocycles. The fourth-order valence-corrected chi connectivity index (χ4v) is 2.87. The number of likely N-dealkylation sites (N-methyl/N-ethyl adjacent to an activating group) is 1. The van der Waals surface area contributed by atoms with Crippen molar-refractivity contribution < 1.29 is 0 Å². The minimum atomic E-state index is -0.140. The van der Waals surface area contributed by atoms with Gasteiger partial charge in [0.15, 0.2) is 5.52 Å². The summed E-state index contributed by atoms with van der Waals surface area (Å²) in [4.78, 5) is 22.0. The van der Waals surface area contributed by atoms with Crippen LogP contribution in [0.2, 0.25) is 0 Å². The van der Waals surface area contributed by atoms with E-state index >= 15 is 0 Å². The van der Waals surface area contributed by atoms with E-state index in [2.05, 4.69) is 34.1 Å². The molecule has 0 atom stereocenters. The number of hydrogen-bond donors (Lipinski definition) is 1. The first-order valence-electron chi connectivity index (χ1n) is 8.31. The number of aryl methyl sites for hydroxylation is 2. The summed E-state index contributed by atoms with van der Waals surface area (Å²) in [5, 5.41) is 4.45. The zero-order valence-electron chi connectivity index (χ0n) is 14.4. The number of rotatable bonds is 6. The summed E-state index contributed by atoms with van der Waals surface area (Å²) in [7, 11) is 3.74. The van der Waals surface area contributed by atoms with Crippen molar-refractivity contribution in [2.45, 2.75) is 26.2 Å². The lowest BCUT2D eigenvalue weighted by molar-refractivity contribution is 0.750. The second-order valence-electron chi connectivity index (χ2n) is 6.06. The van der Waals surface area contributed by atoms with Crippen LogP contribution < -0.4 is 10.5 Å². The average Bonchev–Trinajstić information content (AvgIpc) is 2.90. The van der Waals surface area contributed by atoms with Gasteiger partial charge in [0.25, 0.3) is 5.56 Å². The maximum atomic E-state index is 12.4. The fourth-order valence-electron chi connectivity index (χ4n) is 2.87. The first kappa shape index (κ1) is 16.2. The van der Waals surface area contributed by atoms with Gasteiger partial charge in [0, 0.05) is 20.6 Å². The van der Waals surface area contributed by atoms with Gasteiger partial charge in [0.05, 0.1) is 5.69 Å².